The average Bonchev–Trinajstić information content (AvgIpc) is 2.89. The first-order chi connectivity index (χ1) is 8.70. The molecular formula is C15H24N2O. The normalized spacial score (nSPS) is 19.2. The minimum atomic E-state index is 0.543. The van der Waals surface area contributed by atoms with Crippen LogP contribution in [0.2, 0.25) is 0 Å². The van der Waals surface area contributed by atoms with Gasteiger partial charge in [0.1, 0.15) is 5.75 Å². The lowest BCUT2D eigenvalue weighted by atomic mass is 10.0. The molecule has 2 rings (SSSR count). The van der Waals surface area contributed by atoms with Crippen LogP contribution in [0.15, 0.2) is 18.2 Å². The van der Waals surface area contributed by atoms with Crippen LogP contribution in [0.25, 0.3) is 0 Å². The molecule has 0 radical (unpaired) electrons. The van der Waals surface area contributed by atoms with Gasteiger partial charge in [0.15, 0.2) is 0 Å². The summed E-state index contributed by atoms with van der Waals surface area (Å²) in [6.45, 7) is 6.54. The van der Waals surface area contributed by atoms with E-state index in [1.54, 1.807) is 7.11 Å². The zero-order chi connectivity index (χ0) is 13.0. The summed E-state index contributed by atoms with van der Waals surface area (Å²) < 4.78 is 5.41. The summed E-state index contributed by atoms with van der Waals surface area (Å²) in [6.07, 6.45) is 2.55. The number of hydrogen-bond acceptors (Lipinski definition) is 3. The van der Waals surface area contributed by atoms with Gasteiger partial charge in [0.05, 0.1) is 12.8 Å². The van der Waals surface area contributed by atoms with Gasteiger partial charge in [0.25, 0.3) is 0 Å². The molecular weight excluding hydrogens is 224 g/mol. The van der Waals surface area contributed by atoms with Crippen LogP contribution in [0.3, 0.4) is 0 Å². The molecule has 1 heterocycles. The van der Waals surface area contributed by atoms with Crippen molar-refractivity contribution in [1.29, 1.82) is 0 Å². The molecule has 1 atom stereocenters. The fraction of sp³-hybridized carbons (Fsp3) is 0.600. The fourth-order valence-electron chi connectivity index (χ4n) is 2.39. The molecule has 0 aliphatic carbocycles. The molecule has 0 amide bonds. The summed E-state index contributed by atoms with van der Waals surface area (Å²) in [5.74, 6) is 1.47. The van der Waals surface area contributed by atoms with E-state index in [1.807, 2.05) is 0 Å². The van der Waals surface area contributed by atoms with Crippen LogP contribution in [0, 0.1) is 0 Å². The maximum absolute atomic E-state index is 5.41. The molecule has 1 aromatic rings. The molecule has 3 heteroatoms. The molecule has 1 unspecified atom stereocenters. The van der Waals surface area contributed by atoms with E-state index in [0.717, 1.165) is 24.5 Å². The highest BCUT2D eigenvalue weighted by Gasteiger charge is 2.14. The van der Waals surface area contributed by atoms with Crippen molar-refractivity contribution in [2.75, 3.05) is 25.5 Å². The Balaban J connectivity index is 2.05. The molecule has 1 fully saturated rings. The number of hydrogen-bond donors (Lipinski definition) is 2. The SMILES string of the molecule is COc1ccc(C(C)C)cc1NCC1CCCN1. The monoisotopic (exact) mass is 248 g/mol. The first-order valence-electron chi connectivity index (χ1n) is 6.86. The molecule has 1 aromatic carbocycles. The van der Waals surface area contributed by atoms with Gasteiger partial charge in [-0.25, -0.2) is 0 Å². The van der Waals surface area contributed by atoms with E-state index < -0.39 is 0 Å². The maximum Gasteiger partial charge on any atom is 0.141 e. The van der Waals surface area contributed by atoms with E-state index in [2.05, 4.69) is 42.7 Å². The lowest BCUT2D eigenvalue weighted by Crippen LogP contribution is -2.29. The van der Waals surface area contributed by atoms with E-state index in [-0.39, 0.29) is 0 Å². The zero-order valence-corrected chi connectivity index (χ0v) is 11.6. The Hall–Kier alpha value is -1.22. The number of anilines is 1. The van der Waals surface area contributed by atoms with Gasteiger partial charge in [0.2, 0.25) is 0 Å². The van der Waals surface area contributed by atoms with Crippen molar-refractivity contribution in [3.8, 4) is 5.75 Å². The first kappa shape index (κ1) is 13.2. The van der Waals surface area contributed by atoms with Gasteiger partial charge in [0, 0.05) is 12.6 Å². The molecule has 0 aromatic heterocycles. The quantitative estimate of drug-likeness (QED) is 0.840. The van der Waals surface area contributed by atoms with E-state index in [4.69, 9.17) is 4.74 Å². The van der Waals surface area contributed by atoms with Gasteiger partial charge in [-0.3, -0.25) is 0 Å². The molecule has 2 N–H and O–H groups in total. The second-order valence-electron chi connectivity index (χ2n) is 5.29. The second-order valence-corrected chi connectivity index (χ2v) is 5.29. The van der Waals surface area contributed by atoms with Crippen LogP contribution >= 0.6 is 0 Å². The molecule has 0 saturated carbocycles. The van der Waals surface area contributed by atoms with Crippen molar-refractivity contribution >= 4 is 5.69 Å². The molecule has 1 aliphatic rings. The van der Waals surface area contributed by atoms with Crippen molar-refractivity contribution < 1.29 is 4.74 Å². The van der Waals surface area contributed by atoms with Gasteiger partial charge in [-0.15, -0.1) is 0 Å². The van der Waals surface area contributed by atoms with Crippen LogP contribution in [-0.4, -0.2) is 26.2 Å². The maximum atomic E-state index is 5.41. The first-order valence-corrected chi connectivity index (χ1v) is 6.86. The summed E-state index contributed by atoms with van der Waals surface area (Å²) in [5.41, 5.74) is 2.45. The summed E-state index contributed by atoms with van der Waals surface area (Å²) in [6, 6.07) is 7.00. The predicted octanol–water partition coefficient (Wildman–Crippen LogP) is 2.98. The minimum absolute atomic E-state index is 0.543. The number of rotatable bonds is 5. The molecule has 1 saturated heterocycles. The average molecular weight is 248 g/mol. The Bertz CT molecular complexity index is 384. The fourth-order valence-corrected chi connectivity index (χ4v) is 2.39. The second kappa shape index (κ2) is 6.10. The van der Waals surface area contributed by atoms with Gasteiger partial charge in [-0.05, 0) is 43.0 Å². The highest BCUT2D eigenvalue weighted by molar-refractivity contribution is 5.58. The summed E-state index contributed by atoms with van der Waals surface area (Å²) >= 11 is 0. The molecule has 100 valence electrons. The minimum Gasteiger partial charge on any atom is -0.495 e. The Kier molecular flexibility index (Phi) is 4.48. The van der Waals surface area contributed by atoms with Crippen LogP contribution in [0.1, 0.15) is 38.2 Å². The van der Waals surface area contributed by atoms with Crippen LogP contribution in [0.5, 0.6) is 5.75 Å². The van der Waals surface area contributed by atoms with Crippen molar-refractivity contribution in [3.63, 3.8) is 0 Å². The van der Waals surface area contributed by atoms with Crippen LogP contribution in [0.4, 0.5) is 5.69 Å². The van der Waals surface area contributed by atoms with Crippen molar-refractivity contribution in [2.45, 2.75) is 38.6 Å². The smallest absolute Gasteiger partial charge is 0.141 e. The Morgan fingerprint density at radius 2 is 2.28 bits per heavy atom. The number of benzene rings is 1. The Labute approximate surface area is 110 Å². The third-order valence-corrected chi connectivity index (χ3v) is 3.59. The van der Waals surface area contributed by atoms with Crippen LogP contribution in [-0.2, 0) is 0 Å². The topological polar surface area (TPSA) is 33.3 Å². The van der Waals surface area contributed by atoms with E-state index in [9.17, 15) is 0 Å². The summed E-state index contributed by atoms with van der Waals surface area (Å²) in [4.78, 5) is 0. The van der Waals surface area contributed by atoms with Gasteiger partial charge in [-0.2, -0.15) is 0 Å². The Morgan fingerprint density at radius 1 is 1.44 bits per heavy atom. The summed E-state index contributed by atoms with van der Waals surface area (Å²) in [7, 11) is 1.73. The standard InChI is InChI=1S/C15H24N2O/c1-11(2)12-6-7-15(18-3)14(9-12)17-10-13-5-4-8-16-13/h6-7,9,11,13,16-17H,4-5,8,10H2,1-3H3. The van der Waals surface area contributed by atoms with Crippen molar-refractivity contribution in [2.24, 2.45) is 0 Å². The van der Waals surface area contributed by atoms with E-state index in [0.29, 0.717) is 12.0 Å². The number of nitrogens with one attached hydrogen (secondary N) is 2. The molecule has 0 bridgehead atoms. The van der Waals surface area contributed by atoms with E-state index in [1.165, 1.54) is 18.4 Å². The number of methoxy groups -OCH3 is 1. The van der Waals surface area contributed by atoms with Crippen LogP contribution < -0.4 is 15.4 Å². The van der Waals surface area contributed by atoms with Gasteiger partial charge >= 0.3 is 0 Å². The third kappa shape index (κ3) is 3.16. The largest absolute Gasteiger partial charge is 0.495 e. The van der Waals surface area contributed by atoms with Gasteiger partial charge < -0.3 is 15.4 Å². The van der Waals surface area contributed by atoms with E-state index >= 15 is 0 Å². The Morgan fingerprint density at radius 3 is 2.89 bits per heavy atom. The highest BCUT2D eigenvalue weighted by Crippen LogP contribution is 2.28. The molecule has 3 nitrogen and oxygen atoms in total. The number of ether oxygens (including phenoxy) is 1. The molecule has 18 heavy (non-hydrogen) atoms. The van der Waals surface area contributed by atoms with Crippen molar-refractivity contribution in [3.05, 3.63) is 23.8 Å². The van der Waals surface area contributed by atoms with Gasteiger partial charge in [-0.1, -0.05) is 19.9 Å². The predicted molar refractivity (Wildman–Crippen MR) is 76.6 cm³/mol. The highest BCUT2D eigenvalue weighted by atomic mass is 16.5. The summed E-state index contributed by atoms with van der Waals surface area (Å²) in [5, 5.41) is 7.01. The van der Waals surface area contributed by atoms with Crippen molar-refractivity contribution in [1.82, 2.24) is 5.32 Å². The molecule has 0 spiro atoms. The third-order valence-electron chi connectivity index (χ3n) is 3.59. The molecule has 1 aliphatic heterocycles. The zero-order valence-electron chi connectivity index (χ0n) is 11.6. The lowest BCUT2D eigenvalue weighted by molar-refractivity contribution is 0.416. The lowest BCUT2D eigenvalue weighted by Gasteiger charge is -2.17.